The monoisotopic (exact) mass is 320 g/mol. The molecular weight excluding hydrogens is 304 g/mol. The van der Waals surface area contributed by atoms with E-state index in [1.165, 1.54) is 18.4 Å². The van der Waals surface area contributed by atoms with E-state index < -0.39 is 0 Å². The molecule has 1 fully saturated rings. The van der Waals surface area contributed by atoms with Gasteiger partial charge in [-0.05, 0) is 48.7 Å². The van der Waals surface area contributed by atoms with Gasteiger partial charge in [0, 0.05) is 34.5 Å². The molecule has 0 atom stereocenters. The molecule has 2 heterocycles. The molecule has 0 aliphatic heterocycles. The van der Waals surface area contributed by atoms with Gasteiger partial charge in [-0.15, -0.1) is 0 Å². The summed E-state index contributed by atoms with van der Waals surface area (Å²) in [5, 5.41) is 3.54. The van der Waals surface area contributed by atoms with Crippen LogP contribution in [0.25, 0.3) is 5.82 Å². The predicted octanol–water partition coefficient (Wildman–Crippen LogP) is 2.90. The standard InChI is InChI=1S/C14H17BrN4/c1-9-10(2)19(8-18-9)14-11(5-12(15)7-17-14)6-16-13-3-4-13/h5,7-8,13,16H,3-4,6H2,1-2H3. The molecule has 2 aromatic rings. The van der Waals surface area contributed by atoms with Crippen LogP contribution in [-0.4, -0.2) is 20.6 Å². The molecule has 100 valence electrons. The second-order valence-electron chi connectivity index (χ2n) is 5.08. The molecule has 1 saturated carbocycles. The lowest BCUT2D eigenvalue weighted by molar-refractivity contribution is 0.680. The van der Waals surface area contributed by atoms with Crippen molar-refractivity contribution in [2.45, 2.75) is 39.3 Å². The highest BCUT2D eigenvalue weighted by Gasteiger charge is 2.21. The van der Waals surface area contributed by atoms with Gasteiger partial charge >= 0.3 is 0 Å². The number of halogens is 1. The number of imidazole rings is 1. The highest BCUT2D eigenvalue weighted by Crippen LogP contribution is 2.23. The molecule has 0 saturated heterocycles. The maximum Gasteiger partial charge on any atom is 0.142 e. The Morgan fingerprint density at radius 3 is 2.79 bits per heavy atom. The van der Waals surface area contributed by atoms with Crippen molar-refractivity contribution >= 4 is 15.9 Å². The molecule has 2 aromatic heterocycles. The molecule has 1 aliphatic carbocycles. The molecule has 4 nitrogen and oxygen atoms in total. The number of hydrogen-bond donors (Lipinski definition) is 1. The van der Waals surface area contributed by atoms with Crippen LogP contribution in [0.15, 0.2) is 23.1 Å². The summed E-state index contributed by atoms with van der Waals surface area (Å²) in [6.07, 6.45) is 6.27. The van der Waals surface area contributed by atoms with E-state index >= 15 is 0 Å². The van der Waals surface area contributed by atoms with Crippen molar-refractivity contribution in [3.05, 3.63) is 40.0 Å². The van der Waals surface area contributed by atoms with Crippen LogP contribution in [0.5, 0.6) is 0 Å². The minimum Gasteiger partial charge on any atom is -0.310 e. The maximum atomic E-state index is 4.56. The Hall–Kier alpha value is -1.20. The maximum absolute atomic E-state index is 4.56. The molecule has 5 heteroatoms. The van der Waals surface area contributed by atoms with Gasteiger partial charge < -0.3 is 5.32 Å². The van der Waals surface area contributed by atoms with Crippen LogP contribution in [0, 0.1) is 13.8 Å². The van der Waals surface area contributed by atoms with Crippen molar-refractivity contribution in [3.8, 4) is 5.82 Å². The highest BCUT2D eigenvalue weighted by molar-refractivity contribution is 9.10. The zero-order valence-corrected chi connectivity index (χ0v) is 12.7. The number of pyridine rings is 1. The smallest absolute Gasteiger partial charge is 0.142 e. The molecule has 0 radical (unpaired) electrons. The van der Waals surface area contributed by atoms with Crippen LogP contribution in [0.1, 0.15) is 29.8 Å². The van der Waals surface area contributed by atoms with E-state index in [2.05, 4.69) is 48.8 Å². The minimum absolute atomic E-state index is 0.692. The predicted molar refractivity (Wildman–Crippen MR) is 78.4 cm³/mol. The Morgan fingerprint density at radius 1 is 1.37 bits per heavy atom. The normalized spacial score (nSPS) is 14.9. The van der Waals surface area contributed by atoms with Gasteiger partial charge in [0.05, 0.1) is 5.69 Å². The Balaban J connectivity index is 1.96. The van der Waals surface area contributed by atoms with Gasteiger partial charge in [-0.2, -0.15) is 0 Å². The van der Waals surface area contributed by atoms with Crippen molar-refractivity contribution in [3.63, 3.8) is 0 Å². The quantitative estimate of drug-likeness (QED) is 0.941. The fourth-order valence-electron chi connectivity index (χ4n) is 2.07. The molecule has 19 heavy (non-hydrogen) atoms. The number of aryl methyl sites for hydroxylation is 1. The summed E-state index contributed by atoms with van der Waals surface area (Å²) in [6, 6.07) is 2.82. The van der Waals surface area contributed by atoms with Crippen molar-refractivity contribution < 1.29 is 0 Å². The first-order valence-corrected chi connectivity index (χ1v) is 7.33. The number of nitrogens with one attached hydrogen (secondary N) is 1. The highest BCUT2D eigenvalue weighted by atomic mass is 79.9. The largest absolute Gasteiger partial charge is 0.310 e. The van der Waals surface area contributed by atoms with Crippen molar-refractivity contribution in [1.82, 2.24) is 19.9 Å². The van der Waals surface area contributed by atoms with E-state index in [0.717, 1.165) is 28.2 Å². The van der Waals surface area contributed by atoms with E-state index in [-0.39, 0.29) is 0 Å². The second-order valence-corrected chi connectivity index (χ2v) is 5.99. The van der Waals surface area contributed by atoms with Crippen molar-refractivity contribution in [2.24, 2.45) is 0 Å². The fraction of sp³-hybridized carbons (Fsp3) is 0.429. The van der Waals surface area contributed by atoms with Crippen LogP contribution < -0.4 is 5.32 Å². The Morgan fingerprint density at radius 2 is 2.16 bits per heavy atom. The average Bonchev–Trinajstić information content (AvgIpc) is 3.16. The van der Waals surface area contributed by atoms with Crippen molar-refractivity contribution in [1.29, 1.82) is 0 Å². The van der Waals surface area contributed by atoms with Crippen LogP contribution in [0.2, 0.25) is 0 Å². The van der Waals surface area contributed by atoms with Crippen LogP contribution >= 0.6 is 15.9 Å². The first-order chi connectivity index (χ1) is 9.15. The van der Waals surface area contributed by atoms with Crippen LogP contribution in [0.4, 0.5) is 0 Å². The summed E-state index contributed by atoms with van der Waals surface area (Å²) in [4.78, 5) is 8.91. The van der Waals surface area contributed by atoms with E-state index in [9.17, 15) is 0 Å². The van der Waals surface area contributed by atoms with Gasteiger partial charge in [0.15, 0.2) is 0 Å². The molecule has 1 aliphatic rings. The molecular formula is C14H17BrN4. The summed E-state index contributed by atoms with van der Waals surface area (Å²) >= 11 is 3.50. The number of rotatable bonds is 4. The van der Waals surface area contributed by atoms with Gasteiger partial charge in [-0.25, -0.2) is 9.97 Å². The molecule has 0 unspecified atom stereocenters. The van der Waals surface area contributed by atoms with E-state index in [1.54, 1.807) is 0 Å². The minimum atomic E-state index is 0.692. The number of hydrogen-bond acceptors (Lipinski definition) is 3. The van der Waals surface area contributed by atoms with Gasteiger partial charge in [0.2, 0.25) is 0 Å². The molecule has 1 N–H and O–H groups in total. The summed E-state index contributed by atoms with van der Waals surface area (Å²) in [5.41, 5.74) is 3.38. The Bertz CT molecular complexity index is 601. The first kappa shape index (κ1) is 12.8. The lowest BCUT2D eigenvalue weighted by Gasteiger charge is -2.12. The summed E-state index contributed by atoms with van der Waals surface area (Å²) in [7, 11) is 0. The molecule has 3 rings (SSSR count). The van der Waals surface area contributed by atoms with E-state index in [1.807, 2.05) is 19.4 Å². The lowest BCUT2D eigenvalue weighted by atomic mass is 10.2. The third-order valence-corrected chi connectivity index (χ3v) is 3.98. The van der Waals surface area contributed by atoms with Crippen LogP contribution in [-0.2, 0) is 6.54 Å². The average molecular weight is 321 g/mol. The third kappa shape index (κ3) is 2.72. The number of nitrogens with zero attached hydrogens (tertiary/aromatic N) is 3. The van der Waals surface area contributed by atoms with Gasteiger partial charge in [-0.3, -0.25) is 4.57 Å². The summed E-state index contributed by atoms with van der Waals surface area (Å²) in [6.45, 7) is 4.94. The van der Waals surface area contributed by atoms with Crippen molar-refractivity contribution in [2.75, 3.05) is 0 Å². The van der Waals surface area contributed by atoms with Crippen LogP contribution in [0.3, 0.4) is 0 Å². The van der Waals surface area contributed by atoms with Gasteiger partial charge in [0.1, 0.15) is 12.1 Å². The van der Waals surface area contributed by atoms with Gasteiger partial charge in [-0.1, -0.05) is 0 Å². The molecule has 0 spiro atoms. The topological polar surface area (TPSA) is 42.7 Å². The molecule has 0 amide bonds. The second kappa shape index (κ2) is 5.06. The zero-order valence-electron chi connectivity index (χ0n) is 11.2. The third-order valence-electron chi connectivity index (χ3n) is 3.55. The molecule has 0 aromatic carbocycles. The van der Waals surface area contributed by atoms with E-state index in [4.69, 9.17) is 0 Å². The molecule has 0 bridgehead atoms. The summed E-state index contributed by atoms with van der Waals surface area (Å²) in [5.74, 6) is 0.967. The fourth-order valence-corrected chi connectivity index (χ4v) is 2.45. The SMILES string of the molecule is Cc1ncn(-c2ncc(Br)cc2CNC2CC2)c1C. The Labute approximate surface area is 121 Å². The Kier molecular flexibility index (Phi) is 3.41. The lowest BCUT2D eigenvalue weighted by Crippen LogP contribution is -2.17. The van der Waals surface area contributed by atoms with Gasteiger partial charge in [0.25, 0.3) is 0 Å². The number of aromatic nitrogens is 3. The zero-order chi connectivity index (χ0) is 13.4. The first-order valence-electron chi connectivity index (χ1n) is 6.54. The summed E-state index contributed by atoms with van der Waals surface area (Å²) < 4.78 is 3.07. The van der Waals surface area contributed by atoms with E-state index in [0.29, 0.717) is 6.04 Å².